The van der Waals surface area contributed by atoms with Crippen LogP contribution in [0, 0.1) is 0 Å². The van der Waals surface area contributed by atoms with Crippen molar-refractivity contribution >= 4 is 11.7 Å². The second kappa shape index (κ2) is 4.80. The molecule has 0 radical (unpaired) electrons. The second-order valence-corrected chi connectivity index (χ2v) is 4.76. The fraction of sp³-hybridized carbons (Fsp3) is 0.429. The summed E-state index contributed by atoms with van der Waals surface area (Å²) in [6.07, 6.45) is 1.95. The highest BCUT2D eigenvalue weighted by atomic mass is 16.2. The Labute approximate surface area is 107 Å². The first-order valence-corrected chi connectivity index (χ1v) is 6.49. The highest BCUT2D eigenvalue weighted by Crippen LogP contribution is 2.18. The fourth-order valence-corrected chi connectivity index (χ4v) is 2.49. The van der Waals surface area contributed by atoms with Crippen LogP contribution in [0.3, 0.4) is 0 Å². The molecule has 3 rings (SSSR count). The summed E-state index contributed by atoms with van der Waals surface area (Å²) in [4.78, 5) is 18.5. The van der Waals surface area contributed by atoms with Gasteiger partial charge in [0, 0.05) is 26.2 Å². The molecule has 1 aromatic carbocycles. The van der Waals surface area contributed by atoms with Crippen LogP contribution in [0.2, 0.25) is 0 Å². The largest absolute Gasteiger partial charge is 0.366 e. The number of benzene rings is 1. The number of amidine groups is 1. The van der Waals surface area contributed by atoms with Crippen molar-refractivity contribution in [3.05, 3.63) is 35.4 Å². The highest BCUT2D eigenvalue weighted by Gasteiger charge is 2.24. The standard InChI is InChI=1S/C14H17N3O/c18-14(13-15-7-3-8-16-13)17-9-6-11-4-1-2-5-12(11)10-17/h1-2,4-5H,3,6-10H2,(H,15,16). The molecule has 0 aromatic heterocycles. The van der Waals surface area contributed by atoms with Gasteiger partial charge in [0.15, 0.2) is 5.84 Å². The number of rotatable bonds is 1. The van der Waals surface area contributed by atoms with Crippen molar-refractivity contribution in [2.24, 2.45) is 4.99 Å². The third kappa shape index (κ3) is 2.10. The lowest BCUT2D eigenvalue weighted by Gasteiger charge is -2.30. The number of hydrogen-bond donors (Lipinski definition) is 1. The molecular weight excluding hydrogens is 226 g/mol. The Morgan fingerprint density at radius 3 is 2.89 bits per heavy atom. The van der Waals surface area contributed by atoms with Gasteiger partial charge in [-0.15, -0.1) is 0 Å². The Morgan fingerprint density at radius 2 is 2.11 bits per heavy atom. The van der Waals surface area contributed by atoms with Crippen molar-refractivity contribution in [2.75, 3.05) is 19.6 Å². The maximum absolute atomic E-state index is 12.3. The molecule has 94 valence electrons. The van der Waals surface area contributed by atoms with Crippen LogP contribution in [-0.4, -0.2) is 36.3 Å². The summed E-state index contributed by atoms with van der Waals surface area (Å²) >= 11 is 0. The minimum atomic E-state index is 0.0456. The number of aliphatic imine (C=N–C) groups is 1. The summed E-state index contributed by atoms with van der Waals surface area (Å²) in [5, 5.41) is 3.10. The van der Waals surface area contributed by atoms with Crippen LogP contribution in [0.4, 0.5) is 0 Å². The molecule has 1 N–H and O–H groups in total. The molecule has 1 amide bonds. The number of amides is 1. The maximum Gasteiger partial charge on any atom is 0.289 e. The van der Waals surface area contributed by atoms with Gasteiger partial charge in [0.1, 0.15) is 0 Å². The summed E-state index contributed by atoms with van der Waals surface area (Å²) < 4.78 is 0. The van der Waals surface area contributed by atoms with Gasteiger partial charge in [0.2, 0.25) is 0 Å². The van der Waals surface area contributed by atoms with Crippen molar-refractivity contribution in [3.63, 3.8) is 0 Å². The predicted octanol–water partition coefficient (Wildman–Crippen LogP) is 0.963. The zero-order valence-corrected chi connectivity index (χ0v) is 10.4. The number of hydrogen-bond acceptors (Lipinski definition) is 3. The lowest BCUT2D eigenvalue weighted by atomic mass is 10.00. The molecule has 4 nitrogen and oxygen atoms in total. The first-order chi connectivity index (χ1) is 8.84. The first kappa shape index (κ1) is 11.3. The third-order valence-corrected chi connectivity index (χ3v) is 3.52. The van der Waals surface area contributed by atoms with Gasteiger partial charge in [0.05, 0.1) is 0 Å². The first-order valence-electron chi connectivity index (χ1n) is 6.49. The second-order valence-electron chi connectivity index (χ2n) is 4.76. The summed E-state index contributed by atoms with van der Waals surface area (Å²) in [7, 11) is 0. The molecule has 0 unspecified atom stereocenters. The van der Waals surface area contributed by atoms with Gasteiger partial charge in [-0.1, -0.05) is 24.3 Å². The SMILES string of the molecule is O=C(C1=NCCCN1)N1CCc2ccccc2C1. The van der Waals surface area contributed by atoms with Crippen molar-refractivity contribution in [1.82, 2.24) is 10.2 Å². The summed E-state index contributed by atoms with van der Waals surface area (Å²) in [6, 6.07) is 8.34. The molecule has 0 atom stereocenters. The van der Waals surface area contributed by atoms with Gasteiger partial charge < -0.3 is 10.2 Å². The monoisotopic (exact) mass is 243 g/mol. The highest BCUT2D eigenvalue weighted by molar-refractivity contribution is 6.37. The Morgan fingerprint density at radius 1 is 1.28 bits per heavy atom. The molecule has 0 spiro atoms. The Hall–Kier alpha value is -1.84. The molecular formula is C14H17N3O. The Kier molecular flexibility index (Phi) is 3.00. The topological polar surface area (TPSA) is 44.7 Å². The molecule has 4 heteroatoms. The van der Waals surface area contributed by atoms with Gasteiger partial charge >= 0.3 is 0 Å². The molecule has 0 fully saturated rings. The van der Waals surface area contributed by atoms with Crippen molar-refractivity contribution in [2.45, 2.75) is 19.4 Å². The molecule has 0 aliphatic carbocycles. The number of nitrogens with zero attached hydrogens (tertiary/aromatic N) is 2. The van der Waals surface area contributed by atoms with Gasteiger partial charge in [-0.2, -0.15) is 0 Å². The quantitative estimate of drug-likeness (QED) is 0.798. The predicted molar refractivity (Wildman–Crippen MR) is 70.5 cm³/mol. The van der Waals surface area contributed by atoms with E-state index in [-0.39, 0.29) is 5.91 Å². The van der Waals surface area contributed by atoms with Gasteiger partial charge in [0.25, 0.3) is 5.91 Å². The number of nitrogens with one attached hydrogen (secondary N) is 1. The lowest BCUT2D eigenvalue weighted by molar-refractivity contribution is -0.125. The summed E-state index contributed by atoms with van der Waals surface area (Å²) in [5.41, 5.74) is 2.62. The van der Waals surface area contributed by atoms with Crippen molar-refractivity contribution < 1.29 is 4.79 Å². The normalized spacial score (nSPS) is 18.7. The molecule has 1 aromatic rings. The van der Waals surface area contributed by atoms with E-state index in [1.54, 1.807) is 0 Å². The minimum Gasteiger partial charge on any atom is -0.366 e. The van der Waals surface area contributed by atoms with Crippen LogP contribution >= 0.6 is 0 Å². The maximum atomic E-state index is 12.3. The van der Waals surface area contributed by atoms with E-state index in [4.69, 9.17) is 0 Å². The zero-order valence-electron chi connectivity index (χ0n) is 10.4. The van der Waals surface area contributed by atoms with Crippen molar-refractivity contribution in [1.29, 1.82) is 0 Å². The van der Waals surface area contributed by atoms with Gasteiger partial charge in [-0.25, -0.2) is 0 Å². The van der Waals surface area contributed by atoms with E-state index in [2.05, 4.69) is 28.5 Å². The lowest BCUT2D eigenvalue weighted by Crippen LogP contribution is -2.46. The zero-order chi connectivity index (χ0) is 12.4. The molecule has 18 heavy (non-hydrogen) atoms. The average Bonchev–Trinajstić information content (AvgIpc) is 2.47. The van der Waals surface area contributed by atoms with E-state index < -0.39 is 0 Å². The van der Waals surface area contributed by atoms with Crippen LogP contribution in [0.5, 0.6) is 0 Å². The molecule has 2 aliphatic heterocycles. The van der Waals surface area contributed by atoms with E-state index >= 15 is 0 Å². The van der Waals surface area contributed by atoms with Crippen LogP contribution < -0.4 is 5.32 Å². The molecule has 0 saturated carbocycles. The Balaban J connectivity index is 1.75. The third-order valence-electron chi connectivity index (χ3n) is 3.52. The van der Waals surface area contributed by atoms with Crippen molar-refractivity contribution in [3.8, 4) is 0 Å². The smallest absolute Gasteiger partial charge is 0.289 e. The van der Waals surface area contributed by atoms with Gasteiger partial charge in [-0.3, -0.25) is 9.79 Å². The van der Waals surface area contributed by atoms with E-state index in [0.29, 0.717) is 12.4 Å². The molecule has 2 heterocycles. The summed E-state index contributed by atoms with van der Waals surface area (Å²) in [5.74, 6) is 0.588. The van der Waals surface area contributed by atoms with E-state index in [9.17, 15) is 4.79 Å². The molecule has 0 saturated heterocycles. The van der Waals surface area contributed by atoms with Crippen LogP contribution in [-0.2, 0) is 17.8 Å². The van der Waals surface area contributed by atoms with E-state index in [1.807, 2.05) is 11.0 Å². The van der Waals surface area contributed by atoms with Crippen LogP contribution in [0.25, 0.3) is 0 Å². The fourth-order valence-electron chi connectivity index (χ4n) is 2.49. The summed E-state index contributed by atoms with van der Waals surface area (Å²) in [6.45, 7) is 3.11. The average molecular weight is 243 g/mol. The van der Waals surface area contributed by atoms with Gasteiger partial charge in [-0.05, 0) is 24.0 Å². The Bertz CT molecular complexity index is 496. The number of carbonyl (C=O) groups is 1. The molecule has 2 aliphatic rings. The number of carbonyl (C=O) groups excluding carboxylic acids is 1. The van der Waals surface area contributed by atoms with Crippen LogP contribution in [0.1, 0.15) is 17.5 Å². The number of fused-ring (bicyclic) bond motifs is 1. The van der Waals surface area contributed by atoms with E-state index in [1.165, 1.54) is 11.1 Å². The van der Waals surface area contributed by atoms with Crippen LogP contribution in [0.15, 0.2) is 29.3 Å². The minimum absolute atomic E-state index is 0.0456. The van der Waals surface area contributed by atoms with E-state index in [0.717, 1.165) is 32.5 Å². The molecule has 0 bridgehead atoms.